The first-order valence-corrected chi connectivity index (χ1v) is 9.44. The molecule has 1 aliphatic rings. The molecule has 0 bridgehead atoms. The molecule has 1 fully saturated rings. The highest BCUT2D eigenvalue weighted by Crippen LogP contribution is 2.27. The van der Waals surface area contributed by atoms with Crippen LogP contribution >= 0.6 is 0 Å². The topological polar surface area (TPSA) is 18.5 Å². The first kappa shape index (κ1) is 18.3. The summed E-state index contributed by atoms with van der Waals surface area (Å²) in [5.74, 6) is 2.68. The Labute approximate surface area is 142 Å². The van der Waals surface area contributed by atoms with Gasteiger partial charge in [0, 0.05) is 5.92 Å². The zero-order chi connectivity index (χ0) is 16.7. The van der Waals surface area contributed by atoms with Crippen molar-refractivity contribution in [2.75, 3.05) is 6.61 Å². The molecule has 0 aliphatic heterocycles. The Bertz CT molecular complexity index is 430. The van der Waals surface area contributed by atoms with Crippen molar-refractivity contribution >= 4 is 0 Å². The van der Waals surface area contributed by atoms with Crippen LogP contribution in [-0.2, 0) is 4.74 Å². The van der Waals surface area contributed by atoms with E-state index in [1.165, 1.54) is 44.1 Å². The molecule has 1 aromatic rings. The standard InChI is InChI=1S/C21H34O2/c1-16(2)19-10-12-20(13-11-19)23-21(17(3)4)22-15-14-18-8-6-5-7-9-18/h10-13,16-18,21H,5-9,14-15H2,1-4H3. The second-order valence-corrected chi connectivity index (χ2v) is 7.62. The normalized spacial score (nSPS) is 17.7. The van der Waals surface area contributed by atoms with E-state index in [-0.39, 0.29) is 6.29 Å². The monoisotopic (exact) mass is 318 g/mol. The lowest BCUT2D eigenvalue weighted by Gasteiger charge is -2.25. The second kappa shape index (κ2) is 9.32. The van der Waals surface area contributed by atoms with Gasteiger partial charge in [-0.15, -0.1) is 0 Å². The number of hydrogen-bond acceptors (Lipinski definition) is 2. The number of benzene rings is 1. The van der Waals surface area contributed by atoms with E-state index in [2.05, 4.69) is 52.0 Å². The largest absolute Gasteiger partial charge is 0.465 e. The van der Waals surface area contributed by atoms with Crippen molar-refractivity contribution in [2.45, 2.75) is 78.4 Å². The average Bonchev–Trinajstić information content (AvgIpc) is 2.55. The van der Waals surface area contributed by atoms with Gasteiger partial charge in [0.25, 0.3) is 0 Å². The summed E-state index contributed by atoms with van der Waals surface area (Å²) in [5.41, 5.74) is 1.34. The lowest BCUT2D eigenvalue weighted by atomic mass is 9.87. The Morgan fingerprint density at radius 1 is 0.957 bits per heavy atom. The van der Waals surface area contributed by atoms with E-state index >= 15 is 0 Å². The summed E-state index contributed by atoms with van der Waals surface area (Å²) in [4.78, 5) is 0. The van der Waals surface area contributed by atoms with Crippen LogP contribution in [-0.4, -0.2) is 12.9 Å². The quantitative estimate of drug-likeness (QED) is 0.534. The highest BCUT2D eigenvalue weighted by molar-refractivity contribution is 5.28. The molecular formula is C21H34O2. The molecule has 0 N–H and O–H groups in total. The van der Waals surface area contributed by atoms with Crippen LogP contribution in [0.3, 0.4) is 0 Å². The Morgan fingerprint density at radius 3 is 2.17 bits per heavy atom. The Morgan fingerprint density at radius 2 is 1.61 bits per heavy atom. The van der Waals surface area contributed by atoms with E-state index in [4.69, 9.17) is 9.47 Å². The Kier molecular flexibility index (Phi) is 7.42. The molecule has 1 aromatic carbocycles. The molecule has 1 atom stereocenters. The van der Waals surface area contributed by atoms with Crippen molar-refractivity contribution in [2.24, 2.45) is 11.8 Å². The van der Waals surface area contributed by atoms with E-state index in [1.807, 2.05) is 0 Å². The molecular weight excluding hydrogens is 284 g/mol. The lowest BCUT2D eigenvalue weighted by Crippen LogP contribution is -2.27. The summed E-state index contributed by atoms with van der Waals surface area (Å²) < 4.78 is 12.1. The summed E-state index contributed by atoms with van der Waals surface area (Å²) in [6, 6.07) is 8.43. The maximum absolute atomic E-state index is 6.08. The number of hydrogen-bond donors (Lipinski definition) is 0. The summed E-state index contributed by atoms with van der Waals surface area (Å²) >= 11 is 0. The molecule has 23 heavy (non-hydrogen) atoms. The van der Waals surface area contributed by atoms with Crippen LogP contribution in [0.1, 0.15) is 77.7 Å². The van der Waals surface area contributed by atoms with Gasteiger partial charge in [0.05, 0.1) is 6.61 Å². The summed E-state index contributed by atoms with van der Waals surface area (Å²) in [7, 11) is 0. The predicted octanol–water partition coefficient (Wildman–Crippen LogP) is 6.16. The van der Waals surface area contributed by atoms with Gasteiger partial charge >= 0.3 is 0 Å². The van der Waals surface area contributed by atoms with E-state index < -0.39 is 0 Å². The van der Waals surface area contributed by atoms with Gasteiger partial charge in [-0.1, -0.05) is 71.9 Å². The highest BCUT2D eigenvalue weighted by atomic mass is 16.7. The van der Waals surface area contributed by atoms with E-state index in [0.717, 1.165) is 18.3 Å². The van der Waals surface area contributed by atoms with Crippen molar-refractivity contribution in [3.63, 3.8) is 0 Å². The second-order valence-electron chi connectivity index (χ2n) is 7.62. The van der Waals surface area contributed by atoms with Gasteiger partial charge in [0.2, 0.25) is 6.29 Å². The molecule has 2 heteroatoms. The average molecular weight is 319 g/mol. The summed E-state index contributed by atoms with van der Waals surface area (Å²) in [5, 5.41) is 0. The molecule has 0 aromatic heterocycles. The van der Waals surface area contributed by atoms with Gasteiger partial charge < -0.3 is 9.47 Å². The molecule has 0 spiro atoms. The van der Waals surface area contributed by atoms with Crippen LogP contribution in [0.15, 0.2) is 24.3 Å². The van der Waals surface area contributed by atoms with Crippen LogP contribution < -0.4 is 4.74 Å². The van der Waals surface area contributed by atoms with Crippen molar-refractivity contribution in [3.8, 4) is 5.75 Å². The van der Waals surface area contributed by atoms with Crippen molar-refractivity contribution in [3.05, 3.63) is 29.8 Å². The Balaban J connectivity index is 1.80. The van der Waals surface area contributed by atoms with E-state index in [0.29, 0.717) is 11.8 Å². The van der Waals surface area contributed by atoms with Crippen molar-refractivity contribution in [1.29, 1.82) is 0 Å². The highest BCUT2D eigenvalue weighted by Gasteiger charge is 2.18. The molecule has 130 valence electrons. The third-order valence-electron chi connectivity index (χ3n) is 4.88. The number of ether oxygens (including phenoxy) is 2. The fourth-order valence-corrected chi connectivity index (χ4v) is 3.25. The third kappa shape index (κ3) is 6.18. The van der Waals surface area contributed by atoms with Crippen LogP contribution in [0.4, 0.5) is 0 Å². The molecule has 1 saturated carbocycles. The first-order chi connectivity index (χ1) is 11.1. The first-order valence-electron chi connectivity index (χ1n) is 9.44. The minimum Gasteiger partial charge on any atom is -0.465 e. The van der Waals surface area contributed by atoms with Crippen LogP contribution in [0.5, 0.6) is 5.75 Å². The number of rotatable bonds is 8. The zero-order valence-corrected chi connectivity index (χ0v) is 15.4. The summed E-state index contributed by atoms with van der Waals surface area (Å²) in [6.45, 7) is 9.56. The maximum Gasteiger partial charge on any atom is 0.202 e. The molecule has 1 aliphatic carbocycles. The fraction of sp³-hybridized carbons (Fsp3) is 0.714. The molecule has 0 heterocycles. The van der Waals surface area contributed by atoms with Gasteiger partial charge in [-0.3, -0.25) is 0 Å². The molecule has 1 unspecified atom stereocenters. The molecule has 0 amide bonds. The van der Waals surface area contributed by atoms with Gasteiger partial charge in [-0.2, -0.15) is 0 Å². The smallest absolute Gasteiger partial charge is 0.202 e. The van der Waals surface area contributed by atoms with E-state index in [9.17, 15) is 0 Å². The van der Waals surface area contributed by atoms with Gasteiger partial charge in [-0.25, -0.2) is 0 Å². The Hall–Kier alpha value is -1.02. The maximum atomic E-state index is 6.08. The predicted molar refractivity (Wildman–Crippen MR) is 96.9 cm³/mol. The zero-order valence-electron chi connectivity index (χ0n) is 15.4. The lowest BCUT2D eigenvalue weighted by molar-refractivity contribution is -0.111. The third-order valence-corrected chi connectivity index (χ3v) is 4.88. The molecule has 2 rings (SSSR count). The van der Waals surface area contributed by atoms with Gasteiger partial charge in [0.15, 0.2) is 0 Å². The van der Waals surface area contributed by atoms with Crippen LogP contribution in [0, 0.1) is 11.8 Å². The SMILES string of the molecule is CC(C)c1ccc(OC(OCCC2CCCCC2)C(C)C)cc1. The summed E-state index contributed by atoms with van der Waals surface area (Å²) in [6.07, 6.45) is 8.01. The van der Waals surface area contributed by atoms with Gasteiger partial charge in [-0.05, 0) is 36.0 Å². The van der Waals surface area contributed by atoms with E-state index in [1.54, 1.807) is 0 Å². The van der Waals surface area contributed by atoms with Crippen molar-refractivity contribution in [1.82, 2.24) is 0 Å². The fourth-order valence-electron chi connectivity index (χ4n) is 3.25. The minimum absolute atomic E-state index is 0.150. The molecule has 2 nitrogen and oxygen atoms in total. The molecule has 0 radical (unpaired) electrons. The van der Waals surface area contributed by atoms with Gasteiger partial charge in [0.1, 0.15) is 5.75 Å². The van der Waals surface area contributed by atoms with Crippen LogP contribution in [0.2, 0.25) is 0 Å². The van der Waals surface area contributed by atoms with Crippen LogP contribution in [0.25, 0.3) is 0 Å². The molecule has 0 saturated heterocycles. The van der Waals surface area contributed by atoms with Crippen molar-refractivity contribution < 1.29 is 9.47 Å². The minimum atomic E-state index is -0.150.